The topological polar surface area (TPSA) is 65.4 Å². The van der Waals surface area contributed by atoms with Crippen LogP contribution in [0.5, 0.6) is 0 Å². The Bertz CT molecular complexity index is 580. The molecule has 2 rings (SSSR count). The predicted octanol–water partition coefficient (Wildman–Crippen LogP) is 3.56. The number of nitriles is 1. The van der Waals surface area contributed by atoms with E-state index in [2.05, 4.69) is 33.7 Å². The average molecular weight is 343 g/mol. The van der Waals surface area contributed by atoms with Gasteiger partial charge in [-0.2, -0.15) is 5.26 Å². The molecule has 1 aliphatic heterocycles. The number of ether oxygens (including phenoxy) is 1. The minimum absolute atomic E-state index is 0.164. The van der Waals surface area contributed by atoms with Crippen LogP contribution in [0, 0.1) is 16.7 Å². The summed E-state index contributed by atoms with van der Waals surface area (Å²) in [6, 6.07) is 3.24. The molecule has 5 heteroatoms. The first kappa shape index (κ1) is 19.3. The third-order valence-corrected chi connectivity index (χ3v) is 5.54. The molecule has 1 heterocycles. The van der Waals surface area contributed by atoms with Gasteiger partial charge in [-0.15, -0.1) is 0 Å². The van der Waals surface area contributed by atoms with Crippen LogP contribution in [0.1, 0.15) is 39.0 Å². The van der Waals surface area contributed by atoms with Crippen LogP contribution in [0.15, 0.2) is 36.5 Å². The Morgan fingerprint density at radius 3 is 2.68 bits per heavy atom. The second-order valence-electron chi connectivity index (χ2n) is 6.88. The van der Waals surface area contributed by atoms with Crippen LogP contribution in [-0.4, -0.2) is 43.3 Å². The van der Waals surface area contributed by atoms with Crippen molar-refractivity contribution in [2.24, 2.45) is 5.41 Å². The Balaban J connectivity index is 1.94. The highest BCUT2D eigenvalue weighted by Crippen LogP contribution is 2.44. The molecular weight excluding hydrogens is 314 g/mol. The molecule has 0 aromatic rings. The lowest BCUT2D eigenvalue weighted by molar-refractivity contribution is 0.146. The quantitative estimate of drug-likeness (QED) is 0.775. The van der Waals surface area contributed by atoms with Gasteiger partial charge in [0.1, 0.15) is 0 Å². The number of alkyl carbamates (subject to hydrolysis) is 1. The van der Waals surface area contributed by atoms with Gasteiger partial charge in [0.05, 0.1) is 18.6 Å². The summed E-state index contributed by atoms with van der Waals surface area (Å²) < 4.78 is 4.68. The zero-order chi connectivity index (χ0) is 18.3. The van der Waals surface area contributed by atoms with E-state index < -0.39 is 0 Å². The Hall–Kier alpha value is -2.06. The maximum absolute atomic E-state index is 11.4. The average Bonchev–Trinajstić information content (AvgIpc) is 3.11. The van der Waals surface area contributed by atoms with Crippen LogP contribution in [-0.2, 0) is 4.74 Å². The number of rotatable bonds is 5. The van der Waals surface area contributed by atoms with Crippen LogP contribution in [0.25, 0.3) is 0 Å². The summed E-state index contributed by atoms with van der Waals surface area (Å²) in [5.41, 5.74) is 0.716. The Morgan fingerprint density at radius 1 is 1.40 bits per heavy atom. The molecule has 25 heavy (non-hydrogen) atoms. The minimum atomic E-state index is -0.381. The SMILES string of the molecule is C=C/C=C/C(=C\C)C1(C#N)CCC(N2CCC(NC(=O)OC)C2)CC1. The summed E-state index contributed by atoms with van der Waals surface area (Å²) in [6.45, 7) is 7.57. The predicted molar refractivity (Wildman–Crippen MR) is 98.9 cm³/mol. The van der Waals surface area contributed by atoms with Crippen LogP contribution < -0.4 is 5.32 Å². The number of likely N-dealkylation sites (tertiary alicyclic amines) is 1. The number of carbonyl (C=O) groups is 1. The fraction of sp³-hybridized carbons (Fsp3) is 0.600. The van der Waals surface area contributed by atoms with E-state index in [4.69, 9.17) is 0 Å². The lowest BCUT2D eigenvalue weighted by Crippen LogP contribution is -2.42. The van der Waals surface area contributed by atoms with E-state index in [0.29, 0.717) is 6.04 Å². The summed E-state index contributed by atoms with van der Waals surface area (Å²) in [4.78, 5) is 13.8. The second-order valence-corrected chi connectivity index (χ2v) is 6.88. The molecular formula is C20H29N3O2. The molecule has 0 aromatic heterocycles. The van der Waals surface area contributed by atoms with Crippen molar-refractivity contribution in [1.29, 1.82) is 5.26 Å². The molecule has 1 aliphatic carbocycles. The van der Waals surface area contributed by atoms with Crippen molar-refractivity contribution in [3.63, 3.8) is 0 Å². The minimum Gasteiger partial charge on any atom is -0.453 e. The van der Waals surface area contributed by atoms with Gasteiger partial charge in [0, 0.05) is 25.2 Å². The number of methoxy groups -OCH3 is 1. The zero-order valence-electron chi connectivity index (χ0n) is 15.3. The molecule has 1 amide bonds. The maximum atomic E-state index is 11.4. The first-order valence-electron chi connectivity index (χ1n) is 9.04. The van der Waals surface area contributed by atoms with E-state index in [0.717, 1.165) is 50.8 Å². The third kappa shape index (κ3) is 4.52. The lowest BCUT2D eigenvalue weighted by Gasteiger charge is -2.39. The summed E-state index contributed by atoms with van der Waals surface area (Å²) in [6.07, 6.45) is 12.1. The van der Waals surface area contributed by atoms with Gasteiger partial charge in [0.25, 0.3) is 0 Å². The van der Waals surface area contributed by atoms with Crippen LogP contribution in [0.3, 0.4) is 0 Å². The molecule has 0 radical (unpaired) electrons. The van der Waals surface area contributed by atoms with Gasteiger partial charge in [0.15, 0.2) is 0 Å². The van der Waals surface area contributed by atoms with Crippen LogP contribution in [0.2, 0.25) is 0 Å². The van der Waals surface area contributed by atoms with E-state index in [-0.39, 0.29) is 17.6 Å². The number of hydrogen-bond donors (Lipinski definition) is 1. The number of nitrogens with zero attached hydrogens (tertiary/aromatic N) is 2. The fourth-order valence-electron chi connectivity index (χ4n) is 4.09. The highest BCUT2D eigenvalue weighted by Gasteiger charge is 2.40. The molecule has 0 aromatic carbocycles. The van der Waals surface area contributed by atoms with E-state index in [1.807, 2.05) is 19.1 Å². The molecule has 1 atom stereocenters. The Labute approximate surface area is 151 Å². The fourth-order valence-corrected chi connectivity index (χ4v) is 4.09. The van der Waals surface area contributed by atoms with Gasteiger partial charge in [-0.25, -0.2) is 4.79 Å². The van der Waals surface area contributed by atoms with Gasteiger partial charge < -0.3 is 10.1 Å². The van der Waals surface area contributed by atoms with Crippen molar-refractivity contribution in [2.75, 3.05) is 20.2 Å². The molecule has 0 bridgehead atoms. The van der Waals surface area contributed by atoms with Crippen LogP contribution in [0.4, 0.5) is 4.79 Å². The number of hydrogen-bond acceptors (Lipinski definition) is 4. The lowest BCUT2D eigenvalue weighted by atomic mass is 9.68. The highest BCUT2D eigenvalue weighted by atomic mass is 16.5. The van der Waals surface area contributed by atoms with Crippen molar-refractivity contribution in [1.82, 2.24) is 10.2 Å². The standard InChI is InChI=1S/C20H29N3O2/c1-4-6-7-16(5-2)20(15-21)11-8-18(9-12-20)23-13-10-17(14-23)22-19(24)25-3/h4-7,17-18H,1,8-14H2,2-3H3,(H,22,24)/b7-6+,16-5+. The Morgan fingerprint density at radius 2 is 2.12 bits per heavy atom. The molecule has 1 saturated carbocycles. The summed E-state index contributed by atoms with van der Waals surface area (Å²) in [5.74, 6) is 0. The van der Waals surface area contributed by atoms with E-state index >= 15 is 0 Å². The van der Waals surface area contributed by atoms with Gasteiger partial charge in [-0.1, -0.05) is 30.9 Å². The monoisotopic (exact) mass is 343 g/mol. The maximum Gasteiger partial charge on any atom is 0.407 e. The summed E-state index contributed by atoms with van der Waals surface area (Å²) in [7, 11) is 1.39. The highest BCUT2D eigenvalue weighted by molar-refractivity contribution is 5.67. The molecule has 0 spiro atoms. The van der Waals surface area contributed by atoms with Gasteiger partial charge >= 0.3 is 6.09 Å². The van der Waals surface area contributed by atoms with E-state index in [9.17, 15) is 10.1 Å². The van der Waals surface area contributed by atoms with Gasteiger partial charge in [-0.3, -0.25) is 4.90 Å². The molecule has 1 unspecified atom stereocenters. The molecule has 136 valence electrons. The smallest absolute Gasteiger partial charge is 0.407 e. The van der Waals surface area contributed by atoms with Gasteiger partial charge in [0.2, 0.25) is 0 Å². The zero-order valence-corrected chi connectivity index (χ0v) is 15.3. The largest absolute Gasteiger partial charge is 0.453 e. The number of nitrogens with one attached hydrogen (secondary N) is 1. The molecule has 1 saturated heterocycles. The van der Waals surface area contributed by atoms with Crippen LogP contribution >= 0.6 is 0 Å². The Kier molecular flexibility index (Phi) is 6.83. The molecule has 2 aliphatic rings. The van der Waals surface area contributed by atoms with E-state index in [1.54, 1.807) is 6.08 Å². The number of allylic oxidation sites excluding steroid dienone is 5. The first-order chi connectivity index (χ1) is 12.1. The number of carbonyl (C=O) groups excluding carboxylic acids is 1. The molecule has 5 nitrogen and oxygen atoms in total. The second kappa shape index (κ2) is 8.87. The molecule has 1 N–H and O–H groups in total. The normalized spacial score (nSPS) is 30.8. The molecule has 2 fully saturated rings. The first-order valence-corrected chi connectivity index (χ1v) is 9.04. The summed E-state index contributed by atoms with van der Waals surface area (Å²) >= 11 is 0. The van der Waals surface area contributed by atoms with Gasteiger partial charge in [-0.05, 0) is 44.6 Å². The van der Waals surface area contributed by atoms with Crippen molar-refractivity contribution < 1.29 is 9.53 Å². The van der Waals surface area contributed by atoms with Crippen molar-refractivity contribution in [2.45, 2.75) is 51.1 Å². The van der Waals surface area contributed by atoms with E-state index in [1.165, 1.54) is 7.11 Å². The van der Waals surface area contributed by atoms with Crippen molar-refractivity contribution in [3.8, 4) is 6.07 Å². The van der Waals surface area contributed by atoms with Crippen molar-refractivity contribution >= 4 is 6.09 Å². The third-order valence-electron chi connectivity index (χ3n) is 5.54. The van der Waals surface area contributed by atoms with Crippen molar-refractivity contribution in [3.05, 3.63) is 36.5 Å². The number of amides is 1. The summed E-state index contributed by atoms with van der Waals surface area (Å²) in [5, 5.41) is 12.7.